The van der Waals surface area contributed by atoms with Gasteiger partial charge in [0, 0.05) is 48.4 Å². The number of nitrogens with zero attached hydrogens (tertiary/aromatic N) is 4. The lowest BCUT2D eigenvalue weighted by Crippen LogP contribution is -2.42. The quantitative estimate of drug-likeness (QED) is 0.231. The Morgan fingerprint density at radius 2 is 1.77 bits per heavy atom. The molecule has 1 unspecified atom stereocenters. The van der Waals surface area contributed by atoms with E-state index in [0.717, 1.165) is 81.0 Å². The van der Waals surface area contributed by atoms with Crippen molar-refractivity contribution >= 4 is 23.2 Å². The van der Waals surface area contributed by atoms with Gasteiger partial charge in [0.1, 0.15) is 34.3 Å². The summed E-state index contributed by atoms with van der Waals surface area (Å²) < 4.78 is 16.0. The van der Waals surface area contributed by atoms with Crippen molar-refractivity contribution in [1.29, 1.82) is 0 Å². The molecule has 2 aliphatic rings. The molecule has 6 heteroatoms. The van der Waals surface area contributed by atoms with E-state index in [9.17, 15) is 0 Å². The molecule has 0 saturated carbocycles. The molecule has 1 atom stereocenters. The van der Waals surface area contributed by atoms with E-state index in [1.165, 1.54) is 0 Å². The summed E-state index contributed by atoms with van der Waals surface area (Å²) in [4.78, 5) is 12.0. The van der Waals surface area contributed by atoms with E-state index < -0.39 is 5.60 Å². The number of aryl methyl sites for hydroxylation is 1. The van der Waals surface area contributed by atoms with Crippen molar-refractivity contribution in [3.8, 4) is 28.5 Å². The molecule has 5 aromatic rings. The van der Waals surface area contributed by atoms with Crippen molar-refractivity contribution in [2.45, 2.75) is 33.3 Å². The van der Waals surface area contributed by atoms with Gasteiger partial charge in [0.2, 0.25) is 5.60 Å². The molecule has 2 aliphatic heterocycles. The van der Waals surface area contributed by atoms with Gasteiger partial charge in [0.15, 0.2) is 0 Å². The zero-order chi connectivity index (χ0) is 26.7. The van der Waals surface area contributed by atoms with Crippen LogP contribution in [-0.4, -0.2) is 28.7 Å². The Bertz CT molecular complexity index is 1780. The third kappa shape index (κ3) is 3.34. The van der Waals surface area contributed by atoms with Gasteiger partial charge < -0.3 is 14.4 Å². The van der Waals surface area contributed by atoms with Crippen molar-refractivity contribution in [2.75, 3.05) is 18.0 Å². The van der Waals surface area contributed by atoms with Crippen LogP contribution in [-0.2, 0) is 5.60 Å². The van der Waals surface area contributed by atoms with Gasteiger partial charge in [-0.3, -0.25) is 9.39 Å². The monoisotopic (exact) mass is 514 g/mol. The van der Waals surface area contributed by atoms with Crippen LogP contribution in [0.25, 0.3) is 16.9 Å². The van der Waals surface area contributed by atoms with E-state index in [-0.39, 0.29) is 0 Å². The number of pyridine rings is 1. The van der Waals surface area contributed by atoms with Crippen LogP contribution in [0, 0.1) is 6.92 Å². The number of aliphatic imine (C=N–C) groups is 1. The van der Waals surface area contributed by atoms with Crippen molar-refractivity contribution in [1.82, 2.24) is 9.38 Å². The van der Waals surface area contributed by atoms with Crippen LogP contribution >= 0.6 is 0 Å². The number of fused-ring (bicyclic) bond motifs is 10. The summed E-state index contributed by atoms with van der Waals surface area (Å²) in [5.41, 5.74) is 7.81. The number of benzene rings is 3. The minimum Gasteiger partial charge on any atom is -0.470 e. The molecule has 4 heterocycles. The highest BCUT2D eigenvalue weighted by molar-refractivity contribution is 5.81. The number of hydrogen-bond acceptors (Lipinski definition) is 5. The van der Waals surface area contributed by atoms with Gasteiger partial charge in [-0.05, 0) is 82.3 Å². The van der Waals surface area contributed by atoms with E-state index in [4.69, 9.17) is 14.5 Å². The van der Waals surface area contributed by atoms with Crippen LogP contribution in [0.1, 0.15) is 43.2 Å². The molecule has 2 aromatic heterocycles. The average molecular weight is 515 g/mol. The first-order valence-electron chi connectivity index (χ1n) is 13.6. The summed E-state index contributed by atoms with van der Waals surface area (Å²) in [7, 11) is 0. The normalized spacial score (nSPS) is 16.8. The molecule has 39 heavy (non-hydrogen) atoms. The Morgan fingerprint density at radius 3 is 2.59 bits per heavy atom. The van der Waals surface area contributed by atoms with Crippen molar-refractivity contribution in [3.63, 3.8) is 0 Å². The van der Waals surface area contributed by atoms with Crippen LogP contribution in [0.4, 0.5) is 11.4 Å². The fourth-order valence-electron chi connectivity index (χ4n) is 6.06. The first-order chi connectivity index (χ1) is 19.1. The molecule has 194 valence electrons. The molecule has 0 saturated heterocycles. The lowest BCUT2D eigenvalue weighted by atomic mass is 9.77. The Balaban J connectivity index is 1.62. The average Bonchev–Trinajstić information content (AvgIpc) is 3.35. The van der Waals surface area contributed by atoms with Gasteiger partial charge in [0.25, 0.3) is 0 Å². The summed E-state index contributed by atoms with van der Waals surface area (Å²) in [5, 5.41) is 0. The topological polar surface area (TPSA) is 51.4 Å². The highest BCUT2D eigenvalue weighted by Crippen LogP contribution is 2.58. The van der Waals surface area contributed by atoms with Crippen LogP contribution in [0.5, 0.6) is 17.2 Å². The lowest BCUT2D eigenvalue weighted by Gasteiger charge is -2.43. The summed E-state index contributed by atoms with van der Waals surface area (Å²) in [6, 6.07) is 25.0. The number of rotatable bonds is 4. The molecule has 6 nitrogen and oxygen atoms in total. The molecule has 3 aromatic carbocycles. The Hall–Kier alpha value is -4.58. The maximum Gasteiger partial charge on any atom is 0.209 e. The number of anilines is 1. The second kappa shape index (κ2) is 8.73. The summed E-state index contributed by atoms with van der Waals surface area (Å²) in [5.74, 6) is 2.30. The molecule has 0 fully saturated rings. The predicted molar refractivity (Wildman–Crippen MR) is 156 cm³/mol. The van der Waals surface area contributed by atoms with Crippen LogP contribution in [0.2, 0.25) is 0 Å². The lowest BCUT2D eigenvalue weighted by molar-refractivity contribution is 0.132. The second-order valence-corrected chi connectivity index (χ2v) is 10.0. The highest BCUT2D eigenvalue weighted by atomic mass is 16.5. The summed E-state index contributed by atoms with van der Waals surface area (Å²) >= 11 is 0. The Kier molecular flexibility index (Phi) is 5.27. The van der Waals surface area contributed by atoms with E-state index in [2.05, 4.69) is 83.7 Å². The Labute approximate surface area is 228 Å². The number of ether oxygens (including phenoxy) is 2. The molecular weight excluding hydrogens is 484 g/mol. The number of hydrogen-bond donors (Lipinski definition) is 0. The summed E-state index contributed by atoms with van der Waals surface area (Å²) in [6.07, 6.45) is 3.87. The van der Waals surface area contributed by atoms with Crippen LogP contribution in [0.3, 0.4) is 0 Å². The SMILES string of the molecule is CC=Nc1ccc2c(c1)Oc1ccc(N(CC)CC)cc1C21Oc2ccc(C)cc2-c2nc3ccccn3c21. The first-order valence-corrected chi connectivity index (χ1v) is 13.6. The van der Waals surface area contributed by atoms with Gasteiger partial charge in [-0.25, -0.2) is 4.98 Å². The molecule has 7 rings (SSSR count). The molecule has 0 amide bonds. The molecule has 1 spiro atoms. The minimum absolute atomic E-state index is 0.730. The largest absolute Gasteiger partial charge is 0.470 e. The van der Waals surface area contributed by atoms with Gasteiger partial charge >= 0.3 is 0 Å². The Morgan fingerprint density at radius 1 is 0.923 bits per heavy atom. The van der Waals surface area contributed by atoms with E-state index in [1.54, 1.807) is 6.21 Å². The third-order valence-electron chi connectivity index (χ3n) is 7.83. The molecular formula is C33H30N4O2. The van der Waals surface area contributed by atoms with Crippen molar-refractivity contribution in [2.24, 2.45) is 4.99 Å². The van der Waals surface area contributed by atoms with E-state index >= 15 is 0 Å². The van der Waals surface area contributed by atoms with E-state index in [1.807, 2.05) is 37.3 Å². The number of aromatic nitrogens is 2. The highest BCUT2D eigenvalue weighted by Gasteiger charge is 2.53. The molecule has 0 radical (unpaired) electrons. The van der Waals surface area contributed by atoms with Crippen LogP contribution < -0.4 is 14.4 Å². The fourth-order valence-corrected chi connectivity index (χ4v) is 6.06. The zero-order valence-electron chi connectivity index (χ0n) is 22.6. The zero-order valence-corrected chi connectivity index (χ0v) is 22.6. The van der Waals surface area contributed by atoms with Gasteiger partial charge in [-0.2, -0.15) is 0 Å². The third-order valence-corrected chi connectivity index (χ3v) is 7.83. The molecule has 0 aliphatic carbocycles. The van der Waals surface area contributed by atoms with Gasteiger partial charge in [-0.15, -0.1) is 0 Å². The van der Waals surface area contributed by atoms with Gasteiger partial charge in [-0.1, -0.05) is 17.7 Å². The van der Waals surface area contributed by atoms with Gasteiger partial charge in [0.05, 0.1) is 11.3 Å². The maximum atomic E-state index is 7.27. The predicted octanol–water partition coefficient (Wildman–Crippen LogP) is 7.67. The maximum absolute atomic E-state index is 7.27. The van der Waals surface area contributed by atoms with Crippen molar-refractivity contribution in [3.05, 3.63) is 101 Å². The summed E-state index contributed by atoms with van der Waals surface area (Å²) in [6.45, 7) is 10.2. The smallest absolute Gasteiger partial charge is 0.209 e. The fraction of sp³-hybridized carbons (Fsp3) is 0.212. The second-order valence-electron chi connectivity index (χ2n) is 10.0. The molecule has 0 N–H and O–H groups in total. The minimum atomic E-state index is -0.987. The molecule has 0 bridgehead atoms. The number of imidazole rings is 1. The standard InChI is InChI=1S/C33H30N4O2/c1-5-34-22-12-14-25-29(19-22)38-28-16-13-23(36(6-2)7-3)20-26(28)33(25)32-31(35-30-10-8-9-17-37(30)32)24-18-21(4)11-15-27(24)39-33/h5,8-20H,6-7H2,1-4H3. The van der Waals surface area contributed by atoms with Crippen molar-refractivity contribution < 1.29 is 9.47 Å². The first kappa shape index (κ1) is 23.5. The van der Waals surface area contributed by atoms with Crippen LogP contribution in [0.15, 0.2) is 84.0 Å². The van der Waals surface area contributed by atoms with E-state index in [0.29, 0.717) is 0 Å².